The molecule has 0 saturated heterocycles. The fraction of sp³-hybridized carbons (Fsp3) is 0.0667. The topological polar surface area (TPSA) is 87.6 Å². The van der Waals surface area contributed by atoms with Crippen molar-refractivity contribution in [3.63, 3.8) is 0 Å². The van der Waals surface area contributed by atoms with Crippen molar-refractivity contribution in [2.75, 3.05) is 6.54 Å². The van der Waals surface area contributed by atoms with Gasteiger partial charge in [0.05, 0.1) is 17.7 Å². The van der Waals surface area contributed by atoms with Crippen LogP contribution in [-0.2, 0) is 14.8 Å². The number of nitrogens with one attached hydrogen (secondary N) is 2. The first-order chi connectivity index (χ1) is 11.4. The number of hydrazone groups is 1. The Balaban J connectivity index is 1.86. The van der Waals surface area contributed by atoms with Crippen LogP contribution in [0.25, 0.3) is 0 Å². The van der Waals surface area contributed by atoms with Crippen molar-refractivity contribution in [3.05, 3.63) is 64.1 Å². The number of amides is 1. The summed E-state index contributed by atoms with van der Waals surface area (Å²) in [4.78, 5) is 11.6. The fourth-order valence-electron chi connectivity index (χ4n) is 1.62. The van der Waals surface area contributed by atoms with E-state index in [4.69, 9.17) is 23.2 Å². The van der Waals surface area contributed by atoms with Gasteiger partial charge in [-0.15, -0.1) is 0 Å². The number of sulfonamides is 1. The van der Waals surface area contributed by atoms with Crippen LogP contribution in [0, 0.1) is 0 Å². The Morgan fingerprint density at radius 2 is 1.54 bits per heavy atom. The molecular formula is C15H13Cl2N3O3S. The number of carbonyl (C=O) groups is 1. The molecule has 1 amide bonds. The molecule has 2 N–H and O–H groups in total. The van der Waals surface area contributed by atoms with Gasteiger partial charge in [-0.3, -0.25) is 4.79 Å². The summed E-state index contributed by atoms with van der Waals surface area (Å²) < 4.78 is 26.2. The monoisotopic (exact) mass is 385 g/mol. The molecule has 0 spiro atoms. The maximum Gasteiger partial charge on any atom is 0.255 e. The van der Waals surface area contributed by atoms with E-state index in [1.165, 1.54) is 30.5 Å². The van der Waals surface area contributed by atoms with E-state index in [9.17, 15) is 13.2 Å². The van der Waals surface area contributed by atoms with Gasteiger partial charge >= 0.3 is 0 Å². The van der Waals surface area contributed by atoms with Crippen molar-refractivity contribution >= 4 is 45.3 Å². The molecule has 0 bridgehead atoms. The minimum absolute atomic E-state index is 0.0179. The summed E-state index contributed by atoms with van der Waals surface area (Å²) in [5.74, 6) is -0.599. The van der Waals surface area contributed by atoms with E-state index in [0.29, 0.717) is 10.0 Å². The largest absolute Gasteiger partial charge is 0.272 e. The third-order valence-electron chi connectivity index (χ3n) is 2.82. The summed E-state index contributed by atoms with van der Waals surface area (Å²) >= 11 is 11.5. The molecule has 2 aromatic carbocycles. The van der Waals surface area contributed by atoms with Crippen molar-refractivity contribution in [1.29, 1.82) is 0 Å². The number of hydrogen-bond donors (Lipinski definition) is 2. The van der Waals surface area contributed by atoms with Gasteiger partial charge in [0, 0.05) is 10.0 Å². The number of hydrogen-bond acceptors (Lipinski definition) is 4. The highest BCUT2D eigenvalue weighted by Gasteiger charge is 2.14. The van der Waals surface area contributed by atoms with E-state index in [2.05, 4.69) is 15.2 Å². The van der Waals surface area contributed by atoms with Gasteiger partial charge in [-0.1, -0.05) is 35.3 Å². The molecule has 0 unspecified atom stereocenters. The highest BCUT2D eigenvalue weighted by Crippen LogP contribution is 2.13. The van der Waals surface area contributed by atoms with Crippen LogP contribution >= 0.6 is 23.2 Å². The maximum atomic E-state index is 12.0. The van der Waals surface area contributed by atoms with E-state index in [0.717, 1.165) is 5.56 Å². The second-order valence-corrected chi connectivity index (χ2v) is 7.26. The van der Waals surface area contributed by atoms with Crippen LogP contribution < -0.4 is 10.1 Å². The Morgan fingerprint density at radius 1 is 1.00 bits per heavy atom. The van der Waals surface area contributed by atoms with Crippen molar-refractivity contribution in [2.45, 2.75) is 4.90 Å². The number of benzene rings is 2. The first-order valence-electron chi connectivity index (χ1n) is 6.69. The van der Waals surface area contributed by atoms with Gasteiger partial charge in [-0.25, -0.2) is 18.6 Å². The molecule has 0 heterocycles. The van der Waals surface area contributed by atoms with Crippen molar-refractivity contribution in [1.82, 2.24) is 10.1 Å². The van der Waals surface area contributed by atoms with Crippen LogP contribution in [0.2, 0.25) is 10.0 Å². The van der Waals surface area contributed by atoms with Gasteiger partial charge in [-0.2, -0.15) is 5.10 Å². The summed E-state index contributed by atoms with van der Waals surface area (Å²) in [7, 11) is -3.79. The number of nitrogens with zero attached hydrogens (tertiary/aromatic N) is 1. The zero-order valence-electron chi connectivity index (χ0n) is 12.2. The van der Waals surface area contributed by atoms with Crippen LogP contribution in [0.15, 0.2) is 58.5 Å². The minimum Gasteiger partial charge on any atom is -0.272 e. The quantitative estimate of drug-likeness (QED) is 0.591. The molecule has 24 heavy (non-hydrogen) atoms. The van der Waals surface area contributed by atoms with E-state index in [1.54, 1.807) is 24.3 Å². The molecule has 0 atom stereocenters. The Morgan fingerprint density at radius 3 is 2.12 bits per heavy atom. The molecule has 0 saturated carbocycles. The van der Waals surface area contributed by atoms with E-state index >= 15 is 0 Å². The molecule has 0 aliphatic carbocycles. The van der Waals surface area contributed by atoms with E-state index in [1.807, 2.05) is 0 Å². The third kappa shape index (κ3) is 5.61. The standard InChI is InChI=1S/C15H13Cl2N3O3S/c16-12-3-1-11(2-4-12)9-18-20-15(21)10-19-24(22,23)14-7-5-13(17)6-8-14/h1-9,19H,10H2,(H,20,21). The Kier molecular flexibility index (Phi) is 6.33. The lowest BCUT2D eigenvalue weighted by atomic mass is 10.2. The van der Waals surface area contributed by atoms with Gasteiger partial charge in [0.1, 0.15) is 0 Å². The molecule has 2 rings (SSSR count). The van der Waals surface area contributed by atoms with E-state index < -0.39 is 22.5 Å². The fourth-order valence-corrected chi connectivity index (χ4v) is 2.86. The minimum atomic E-state index is -3.79. The third-order valence-corrected chi connectivity index (χ3v) is 4.74. The molecule has 9 heteroatoms. The summed E-state index contributed by atoms with van der Waals surface area (Å²) in [6.45, 7) is -0.442. The van der Waals surface area contributed by atoms with Crippen molar-refractivity contribution in [2.24, 2.45) is 5.10 Å². The van der Waals surface area contributed by atoms with Crippen LogP contribution in [0.3, 0.4) is 0 Å². The molecule has 6 nitrogen and oxygen atoms in total. The van der Waals surface area contributed by atoms with E-state index in [-0.39, 0.29) is 4.90 Å². The average molecular weight is 386 g/mol. The number of rotatable bonds is 6. The SMILES string of the molecule is O=C(CNS(=O)(=O)c1ccc(Cl)cc1)NN=Cc1ccc(Cl)cc1. The molecule has 0 fully saturated rings. The van der Waals surface area contributed by atoms with Crippen molar-refractivity contribution < 1.29 is 13.2 Å². The summed E-state index contributed by atoms with van der Waals surface area (Å²) in [5.41, 5.74) is 2.97. The predicted molar refractivity (Wildman–Crippen MR) is 93.8 cm³/mol. The lowest BCUT2D eigenvalue weighted by Crippen LogP contribution is -2.34. The molecule has 0 radical (unpaired) electrons. The van der Waals surface area contributed by atoms with Crippen LogP contribution in [0.4, 0.5) is 0 Å². The highest BCUT2D eigenvalue weighted by atomic mass is 35.5. The van der Waals surface area contributed by atoms with Crippen molar-refractivity contribution in [3.8, 4) is 0 Å². The first kappa shape index (κ1) is 18.4. The molecule has 0 aliphatic heterocycles. The Hall–Kier alpha value is -1.93. The number of halogens is 2. The van der Waals surface area contributed by atoms with Gasteiger partial charge in [0.15, 0.2) is 0 Å². The van der Waals surface area contributed by atoms with Crippen LogP contribution in [0.5, 0.6) is 0 Å². The zero-order valence-corrected chi connectivity index (χ0v) is 14.6. The second-order valence-electron chi connectivity index (χ2n) is 4.62. The molecule has 0 aliphatic rings. The average Bonchev–Trinajstić information content (AvgIpc) is 2.55. The number of carbonyl (C=O) groups excluding carboxylic acids is 1. The molecular weight excluding hydrogens is 373 g/mol. The summed E-state index contributed by atoms with van der Waals surface area (Å²) in [6, 6.07) is 12.4. The van der Waals surface area contributed by atoms with Gasteiger partial charge in [-0.05, 0) is 42.0 Å². The lowest BCUT2D eigenvalue weighted by molar-refractivity contribution is -0.119. The Bertz CT molecular complexity index is 835. The van der Waals surface area contributed by atoms with Gasteiger partial charge in [0.25, 0.3) is 5.91 Å². The summed E-state index contributed by atoms with van der Waals surface area (Å²) in [5, 5.41) is 4.75. The Labute approximate surface area is 149 Å². The first-order valence-corrected chi connectivity index (χ1v) is 8.93. The van der Waals surface area contributed by atoms with Gasteiger partial charge < -0.3 is 0 Å². The second kappa shape index (κ2) is 8.25. The summed E-state index contributed by atoms with van der Waals surface area (Å²) in [6.07, 6.45) is 1.42. The normalized spacial score (nSPS) is 11.6. The van der Waals surface area contributed by atoms with Crippen LogP contribution in [-0.4, -0.2) is 27.1 Å². The van der Waals surface area contributed by atoms with Crippen LogP contribution in [0.1, 0.15) is 5.56 Å². The van der Waals surface area contributed by atoms with Gasteiger partial charge in [0.2, 0.25) is 10.0 Å². The zero-order chi connectivity index (χ0) is 17.6. The smallest absolute Gasteiger partial charge is 0.255 e. The highest BCUT2D eigenvalue weighted by molar-refractivity contribution is 7.89. The lowest BCUT2D eigenvalue weighted by Gasteiger charge is -2.05. The molecule has 2 aromatic rings. The predicted octanol–water partition coefficient (Wildman–Crippen LogP) is 2.42. The maximum absolute atomic E-state index is 12.0. The molecule has 126 valence electrons. The molecule has 0 aromatic heterocycles.